The molecule has 0 spiro atoms. The van der Waals surface area contributed by atoms with E-state index in [0.29, 0.717) is 25.3 Å². The van der Waals surface area contributed by atoms with Crippen LogP contribution < -0.4 is 5.32 Å². The van der Waals surface area contributed by atoms with Crippen LogP contribution >= 0.6 is 0 Å². The lowest BCUT2D eigenvalue weighted by Gasteiger charge is -2.30. The Morgan fingerprint density at radius 2 is 2.19 bits per heavy atom. The molecule has 0 aliphatic heterocycles. The van der Waals surface area contributed by atoms with Gasteiger partial charge in [-0.3, -0.25) is 9.48 Å². The van der Waals surface area contributed by atoms with Crippen LogP contribution in [-0.4, -0.2) is 38.4 Å². The molecule has 1 saturated carbocycles. The largest absolute Gasteiger partial charge is 0.396 e. The van der Waals surface area contributed by atoms with E-state index >= 15 is 0 Å². The smallest absolute Gasteiger partial charge is 0.220 e. The Morgan fingerprint density at radius 1 is 1.38 bits per heavy atom. The Balaban J connectivity index is 1.72. The summed E-state index contributed by atoms with van der Waals surface area (Å²) in [4.78, 5) is 15.9. The Bertz CT molecular complexity index is 402. The van der Waals surface area contributed by atoms with E-state index in [-0.39, 0.29) is 18.6 Å². The monoisotopic (exact) mass is 294 g/mol. The van der Waals surface area contributed by atoms with Gasteiger partial charge < -0.3 is 10.4 Å². The zero-order valence-corrected chi connectivity index (χ0v) is 12.6. The molecule has 1 fully saturated rings. The second-order valence-corrected chi connectivity index (χ2v) is 5.85. The molecule has 1 aliphatic carbocycles. The van der Waals surface area contributed by atoms with Crippen molar-refractivity contribution < 1.29 is 9.90 Å². The van der Waals surface area contributed by atoms with Gasteiger partial charge in [-0.15, -0.1) is 0 Å². The van der Waals surface area contributed by atoms with Crippen molar-refractivity contribution in [3.63, 3.8) is 0 Å². The minimum absolute atomic E-state index is 0.0825. The molecule has 0 radical (unpaired) electrons. The minimum Gasteiger partial charge on any atom is -0.396 e. The molecule has 1 unspecified atom stereocenters. The van der Waals surface area contributed by atoms with Crippen LogP contribution in [0, 0.1) is 5.92 Å². The Kier molecular flexibility index (Phi) is 6.66. The van der Waals surface area contributed by atoms with E-state index in [0.717, 1.165) is 6.42 Å². The van der Waals surface area contributed by atoms with Crippen molar-refractivity contribution in [3.8, 4) is 0 Å². The van der Waals surface area contributed by atoms with Crippen LogP contribution in [0.2, 0.25) is 0 Å². The number of aromatic nitrogens is 3. The summed E-state index contributed by atoms with van der Waals surface area (Å²) in [5, 5.41) is 16.4. The molecule has 1 atom stereocenters. The minimum atomic E-state index is 0.0825. The van der Waals surface area contributed by atoms with Crippen molar-refractivity contribution in [1.29, 1.82) is 0 Å². The predicted molar refractivity (Wildman–Crippen MR) is 79.5 cm³/mol. The zero-order chi connectivity index (χ0) is 14.9. The number of hydrogen-bond acceptors (Lipinski definition) is 4. The molecule has 0 aromatic carbocycles. The first-order chi connectivity index (χ1) is 10.3. The molecule has 21 heavy (non-hydrogen) atoms. The predicted octanol–water partition coefficient (Wildman–Crippen LogP) is 1.51. The highest BCUT2D eigenvalue weighted by Gasteiger charge is 2.24. The number of carbonyl (C=O) groups excluding carboxylic acids is 1. The fraction of sp³-hybridized carbons (Fsp3) is 0.800. The number of rotatable bonds is 8. The molecule has 2 rings (SSSR count). The molecule has 1 heterocycles. The van der Waals surface area contributed by atoms with Crippen LogP contribution in [0.1, 0.15) is 51.4 Å². The molecular formula is C15H26N4O2. The lowest BCUT2D eigenvalue weighted by molar-refractivity contribution is -0.122. The van der Waals surface area contributed by atoms with E-state index in [1.165, 1.54) is 38.4 Å². The maximum atomic E-state index is 12.1. The third kappa shape index (κ3) is 5.46. The molecule has 2 N–H and O–H groups in total. The number of carbonyl (C=O) groups is 1. The van der Waals surface area contributed by atoms with Crippen molar-refractivity contribution in [2.45, 2.75) is 64.0 Å². The number of aliphatic hydroxyl groups excluding tert-OH is 1. The lowest BCUT2D eigenvalue weighted by Crippen LogP contribution is -2.41. The summed E-state index contributed by atoms with van der Waals surface area (Å²) in [5.41, 5.74) is 0. The first-order valence-electron chi connectivity index (χ1n) is 8.02. The Hall–Kier alpha value is -1.43. The summed E-state index contributed by atoms with van der Waals surface area (Å²) in [5.74, 6) is 0.615. The Labute approximate surface area is 126 Å². The maximum absolute atomic E-state index is 12.1. The number of aryl methyl sites for hydroxylation is 1. The van der Waals surface area contributed by atoms with Gasteiger partial charge in [-0.1, -0.05) is 19.3 Å². The molecule has 6 nitrogen and oxygen atoms in total. The molecule has 0 bridgehead atoms. The van der Waals surface area contributed by atoms with Gasteiger partial charge in [0.2, 0.25) is 5.91 Å². The summed E-state index contributed by atoms with van der Waals surface area (Å²) in [7, 11) is 0. The second-order valence-electron chi connectivity index (χ2n) is 5.85. The number of amides is 1. The SMILES string of the molecule is O=C(CCCn1cncn1)NC(CCO)C1CCCCC1. The fourth-order valence-electron chi connectivity index (χ4n) is 3.13. The summed E-state index contributed by atoms with van der Waals surface area (Å²) >= 11 is 0. The van der Waals surface area contributed by atoms with Gasteiger partial charge in [0.15, 0.2) is 0 Å². The van der Waals surface area contributed by atoms with Crippen molar-refractivity contribution in [2.24, 2.45) is 5.92 Å². The number of nitrogens with zero attached hydrogens (tertiary/aromatic N) is 3. The van der Waals surface area contributed by atoms with E-state index in [2.05, 4.69) is 15.4 Å². The molecule has 6 heteroatoms. The van der Waals surface area contributed by atoms with Gasteiger partial charge in [0, 0.05) is 25.6 Å². The van der Waals surface area contributed by atoms with Gasteiger partial charge in [-0.25, -0.2) is 4.98 Å². The molecule has 1 amide bonds. The molecule has 1 aromatic rings. The third-order valence-electron chi connectivity index (χ3n) is 4.26. The molecule has 118 valence electrons. The molecule has 1 aromatic heterocycles. The molecule has 1 aliphatic rings. The van der Waals surface area contributed by atoms with E-state index in [1.807, 2.05) is 0 Å². The zero-order valence-electron chi connectivity index (χ0n) is 12.6. The summed E-state index contributed by atoms with van der Waals surface area (Å²) in [6, 6.07) is 0.133. The van der Waals surface area contributed by atoms with Crippen LogP contribution in [0.15, 0.2) is 12.7 Å². The van der Waals surface area contributed by atoms with Crippen LogP contribution in [0.5, 0.6) is 0 Å². The average Bonchev–Trinajstić information content (AvgIpc) is 3.01. The van der Waals surface area contributed by atoms with E-state index in [9.17, 15) is 9.90 Å². The van der Waals surface area contributed by atoms with E-state index in [4.69, 9.17) is 0 Å². The average molecular weight is 294 g/mol. The van der Waals surface area contributed by atoms with Crippen LogP contribution in [-0.2, 0) is 11.3 Å². The third-order valence-corrected chi connectivity index (χ3v) is 4.26. The highest BCUT2D eigenvalue weighted by atomic mass is 16.3. The van der Waals surface area contributed by atoms with Gasteiger partial charge in [-0.2, -0.15) is 5.10 Å². The summed E-state index contributed by atoms with van der Waals surface area (Å²) < 4.78 is 1.74. The highest BCUT2D eigenvalue weighted by molar-refractivity contribution is 5.76. The number of nitrogens with one attached hydrogen (secondary N) is 1. The van der Waals surface area contributed by atoms with Crippen LogP contribution in [0.3, 0.4) is 0 Å². The van der Waals surface area contributed by atoms with Gasteiger partial charge in [0.05, 0.1) is 0 Å². The molecule has 0 saturated heterocycles. The number of aliphatic hydroxyl groups is 1. The maximum Gasteiger partial charge on any atom is 0.220 e. The summed E-state index contributed by atoms with van der Waals surface area (Å²) in [6.07, 6.45) is 11.2. The fourth-order valence-corrected chi connectivity index (χ4v) is 3.13. The Morgan fingerprint density at radius 3 is 2.86 bits per heavy atom. The van der Waals surface area contributed by atoms with Crippen molar-refractivity contribution in [3.05, 3.63) is 12.7 Å². The van der Waals surface area contributed by atoms with Crippen molar-refractivity contribution in [2.75, 3.05) is 6.61 Å². The van der Waals surface area contributed by atoms with Gasteiger partial charge >= 0.3 is 0 Å². The van der Waals surface area contributed by atoms with Gasteiger partial charge in [-0.05, 0) is 31.6 Å². The van der Waals surface area contributed by atoms with Crippen molar-refractivity contribution >= 4 is 5.91 Å². The normalized spacial score (nSPS) is 17.6. The van der Waals surface area contributed by atoms with Crippen molar-refractivity contribution in [1.82, 2.24) is 20.1 Å². The first-order valence-corrected chi connectivity index (χ1v) is 8.02. The molecular weight excluding hydrogens is 268 g/mol. The second kappa shape index (κ2) is 8.77. The highest BCUT2D eigenvalue weighted by Crippen LogP contribution is 2.27. The topological polar surface area (TPSA) is 80.0 Å². The summed E-state index contributed by atoms with van der Waals surface area (Å²) in [6.45, 7) is 0.849. The van der Waals surface area contributed by atoms with E-state index in [1.54, 1.807) is 11.0 Å². The van der Waals surface area contributed by atoms with E-state index < -0.39 is 0 Å². The standard InChI is InChI=1S/C15H26N4O2/c20-10-8-14(13-5-2-1-3-6-13)18-15(21)7-4-9-19-12-16-11-17-19/h11-14,20H,1-10H2,(H,18,21). The lowest BCUT2D eigenvalue weighted by atomic mass is 9.82. The quantitative estimate of drug-likeness (QED) is 0.761. The first kappa shape index (κ1) is 15.9. The number of hydrogen-bond donors (Lipinski definition) is 2. The van der Waals surface area contributed by atoms with Crippen LogP contribution in [0.4, 0.5) is 0 Å². The van der Waals surface area contributed by atoms with Gasteiger partial charge in [0.1, 0.15) is 12.7 Å². The van der Waals surface area contributed by atoms with Crippen LogP contribution in [0.25, 0.3) is 0 Å². The van der Waals surface area contributed by atoms with Gasteiger partial charge in [0.25, 0.3) is 0 Å².